The second-order valence-electron chi connectivity index (χ2n) is 4.81. The van der Waals surface area contributed by atoms with Gasteiger partial charge in [0.05, 0.1) is 11.0 Å². The molecule has 0 aliphatic rings. The van der Waals surface area contributed by atoms with Crippen molar-refractivity contribution in [1.82, 2.24) is 20.2 Å². The van der Waals surface area contributed by atoms with Crippen molar-refractivity contribution in [3.63, 3.8) is 0 Å². The van der Waals surface area contributed by atoms with Crippen molar-refractivity contribution in [3.8, 4) is 22.8 Å². The SMILES string of the molecule is Cc1nnc(-c2ccc(-c3nc4ccccc4[nH]3)cc2)o1. The van der Waals surface area contributed by atoms with Crippen LogP contribution in [0.2, 0.25) is 0 Å². The third kappa shape index (κ3) is 2.08. The van der Waals surface area contributed by atoms with E-state index in [9.17, 15) is 0 Å². The van der Waals surface area contributed by atoms with E-state index in [1.165, 1.54) is 0 Å². The van der Waals surface area contributed by atoms with Crippen molar-refractivity contribution >= 4 is 11.0 Å². The van der Waals surface area contributed by atoms with Crippen molar-refractivity contribution in [1.29, 1.82) is 0 Å². The number of rotatable bonds is 2. The van der Waals surface area contributed by atoms with E-state index >= 15 is 0 Å². The fourth-order valence-electron chi connectivity index (χ4n) is 2.27. The first-order chi connectivity index (χ1) is 10.3. The normalized spacial score (nSPS) is 11.1. The van der Waals surface area contributed by atoms with Crippen LogP contribution in [0.1, 0.15) is 5.89 Å². The number of fused-ring (bicyclic) bond motifs is 1. The van der Waals surface area contributed by atoms with Gasteiger partial charge in [-0.15, -0.1) is 10.2 Å². The number of imidazole rings is 1. The van der Waals surface area contributed by atoms with Crippen molar-refractivity contribution < 1.29 is 4.42 Å². The molecule has 0 spiro atoms. The number of para-hydroxylation sites is 2. The topological polar surface area (TPSA) is 67.6 Å². The largest absolute Gasteiger partial charge is 0.421 e. The molecule has 4 rings (SSSR count). The molecule has 0 bridgehead atoms. The minimum absolute atomic E-state index is 0.531. The summed E-state index contributed by atoms with van der Waals surface area (Å²) in [5.41, 5.74) is 3.91. The lowest BCUT2D eigenvalue weighted by Crippen LogP contribution is -1.82. The zero-order valence-electron chi connectivity index (χ0n) is 11.4. The summed E-state index contributed by atoms with van der Waals surface area (Å²) in [6, 6.07) is 15.9. The molecule has 0 radical (unpaired) electrons. The molecule has 2 heterocycles. The highest BCUT2D eigenvalue weighted by Gasteiger charge is 2.08. The number of nitrogens with one attached hydrogen (secondary N) is 1. The number of aromatic nitrogens is 4. The zero-order valence-corrected chi connectivity index (χ0v) is 11.4. The minimum atomic E-state index is 0.531. The lowest BCUT2D eigenvalue weighted by Gasteiger charge is -1.98. The molecule has 5 nitrogen and oxygen atoms in total. The van der Waals surface area contributed by atoms with E-state index in [4.69, 9.17) is 4.42 Å². The molecular formula is C16H12N4O. The molecule has 4 aromatic rings. The predicted molar refractivity (Wildman–Crippen MR) is 79.6 cm³/mol. The summed E-state index contributed by atoms with van der Waals surface area (Å²) in [7, 11) is 0. The van der Waals surface area contributed by atoms with Crippen molar-refractivity contribution in [3.05, 3.63) is 54.4 Å². The van der Waals surface area contributed by atoms with Crippen LogP contribution in [0, 0.1) is 6.92 Å². The summed E-state index contributed by atoms with van der Waals surface area (Å²) in [5, 5.41) is 7.85. The van der Waals surface area contributed by atoms with Crippen LogP contribution < -0.4 is 0 Å². The molecule has 0 fully saturated rings. The van der Waals surface area contributed by atoms with Gasteiger partial charge in [-0.05, 0) is 24.3 Å². The van der Waals surface area contributed by atoms with Gasteiger partial charge in [-0.25, -0.2) is 4.98 Å². The highest BCUT2D eigenvalue weighted by atomic mass is 16.4. The van der Waals surface area contributed by atoms with E-state index in [-0.39, 0.29) is 0 Å². The number of nitrogens with zero attached hydrogens (tertiary/aromatic N) is 3. The quantitative estimate of drug-likeness (QED) is 0.607. The summed E-state index contributed by atoms with van der Waals surface area (Å²) in [4.78, 5) is 7.90. The fraction of sp³-hybridized carbons (Fsp3) is 0.0625. The molecule has 0 aliphatic heterocycles. The molecule has 21 heavy (non-hydrogen) atoms. The van der Waals surface area contributed by atoms with E-state index in [1.54, 1.807) is 6.92 Å². The number of H-pyrrole nitrogens is 1. The van der Waals surface area contributed by atoms with Gasteiger partial charge in [0.25, 0.3) is 0 Å². The molecule has 0 saturated heterocycles. The van der Waals surface area contributed by atoms with Gasteiger partial charge in [0.1, 0.15) is 5.82 Å². The highest BCUT2D eigenvalue weighted by molar-refractivity contribution is 5.79. The Labute approximate surface area is 120 Å². The molecule has 0 unspecified atom stereocenters. The van der Waals surface area contributed by atoms with Gasteiger partial charge in [0.15, 0.2) is 0 Å². The number of hydrogen-bond donors (Lipinski definition) is 1. The monoisotopic (exact) mass is 276 g/mol. The standard InChI is InChI=1S/C16H12N4O/c1-10-19-20-16(21-10)12-8-6-11(7-9-12)15-17-13-4-2-3-5-14(13)18-15/h2-9H,1H3,(H,17,18). The second-order valence-corrected chi connectivity index (χ2v) is 4.81. The van der Waals surface area contributed by atoms with E-state index in [0.717, 1.165) is 28.0 Å². The van der Waals surface area contributed by atoms with Crippen LogP contribution in [0.15, 0.2) is 52.9 Å². The second kappa shape index (κ2) is 4.56. The summed E-state index contributed by atoms with van der Waals surface area (Å²) in [6.07, 6.45) is 0. The Kier molecular flexibility index (Phi) is 2.57. The van der Waals surface area contributed by atoms with Crippen LogP contribution in [0.5, 0.6) is 0 Å². The first-order valence-corrected chi connectivity index (χ1v) is 6.65. The van der Waals surface area contributed by atoms with Gasteiger partial charge < -0.3 is 9.40 Å². The van der Waals surface area contributed by atoms with E-state index in [2.05, 4.69) is 20.2 Å². The zero-order chi connectivity index (χ0) is 14.2. The first-order valence-electron chi connectivity index (χ1n) is 6.65. The van der Waals surface area contributed by atoms with Gasteiger partial charge in [-0.2, -0.15) is 0 Å². The van der Waals surface area contributed by atoms with Crippen LogP contribution >= 0.6 is 0 Å². The molecule has 0 aliphatic carbocycles. The minimum Gasteiger partial charge on any atom is -0.421 e. The smallest absolute Gasteiger partial charge is 0.247 e. The Bertz CT molecular complexity index is 872. The van der Waals surface area contributed by atoms with E-state index in [0.29, 0.717) is 11.8 Å². The third-order valence-corrected chi connectivity index (χ3v) is 3.32. The lowest BCUT2D eigenvalue weighted by molar-refractivity contribution is 0.533. The Morgan fingerprint density at radius 3 is 2.38 bits per heavy atom. The molecular weight excluding hydrogens is 264 g/mol. The lowest BCUT2D eigenvalue weighted by atomic mass is 10.1. The molecule has 0 amide bonds. The maximum Gasteiger partial charge on any atom is 0.247 e. The first kappa shape index (κ1) is 11.8. The van der Waals surface area contributed by atoms with Crippen molar-refractivity contribution in [2.24, 2.45) is 0 Å². The van der Waals surface area contributed by atoms with Crippen LogP contribution in [-0.2, 0) is 0 Å². The van der Waals surface area contributed by atoms with Gasteiger partial charge in [-0.1, -0.05) is 24.3 Å². The summed E-state index contributed by atoms with van der Waals surface area (Å²) >= 11 is 0. The number of aryl methyl sites for hydroxylation is 1. The average Bonchev–Trinajstić information content (AvgIpc) is 3.13. The Morgan fingerprint density at radius 1 is 0.905 bits per heavy atom. The molecule has 5 heteroatoms. The Balaban J connectivity index is 1.72. The maximum absolute atomic E-state index is 5.42. The molecule has 0 saturated carbocycles. The van der Waals surface area contributed by atoms with Crippen molar-refractivity contribution in [2.45, 2.75) is 6.92 Å². The summed E-state index contributed by atoms with van der Waals surface area (Å²) in [5.74, 6) is 1.94. The van der Waals surface area contributed by atoms with Gasteiger partial charge in [0, 0.05) is 18.1 Å². The van der Waals surface area contributed by atoms with Gasteiger partial charge in [0.2, 0.25) is 11.8 Å². The molecule has 2 aromatic carbocycles. The van der Waals surface area contributed by atoms with Crippen LogP contribution in [0.3, 0.4) is 0 Å². The molecule has 0 atom stereocenters. The molecule has 1 N–H and O–H groups in total. The third-order valence-electron chi connectivity index (χ3n) is 3.32. The van der Waals surface area contributed by atoms with Crippen molar-refractivity contribution in [2.75, 3.05) is 0 Å². The maximum atomic E-state index is 5.42. The van der Waals surface area contributed by atoms with Crippen LogP contribution in [-0.4, -0.2) is 20.2 Å². The van der Waals surface area contributed by atoms with E-state index in [1.807, 2.05) is 48.5 Å². The number of benzene rings is 2. The number of aromatic amines is 1. The van der Waals surface area contributed by atoms with Crippen LogP contribution in [0.25, 0.3) is 33.9 Å². The highest BCUT2D eigenvalue weighted by Crippen LogP contribution is 2.24. The summed E-state index contributed by atoms with van der Waals surface area (Å²) in [6.45, 7) is 1.78. The number of hydrogen-bond acceptors (Lipinski definition) is 4. The molecule has 2 aromatic heterocycles. The van der Waals surface area contributed by atoms with E-state index < -0.39 is 0 Å². The van der Waals surface area contributed by atoms with Gasteiger partial charge in [-0.3, -0.25) is 0 Å². The average molecular weight is 276 g/mol. The predicted octanol–water partition coefficient (Wildman–Crippen LogP) is 3.59. The molecule has 102 valence electrons. The fourth-order valence-corrected chi connectivity index (χ4v) is 2.27. The Hall–Kier alpha value is -2.95. The summed E-state index contributed by atoms with van der Waals surface area (Å²) < 4.78 is 5.42. The van der Waals surface area contributed by atoms with Gasteiger partial charge >= 0.3 is 0 Å². The van der Waals surface area contributed by atoms with Crippen LogP contribution in [0.4, 0.5) is 0 Å². The Morgan fingerprint density at radius 2 is 1.67 bits per heavy atom.